The van der Waals surface area contributed by atoms with E-state index < -0.39 is 5.97 Å². The van der Waals surface area contributed by atoms with Gasteiger partial charge in [0.25, 0.3) is 0 Å². The molecule has 1 saturated carbocycles. The van der Waals surface area contributed by atoms with Gasteiger partial charge in [-0.1, -0.05) is 26.7 Å². The largest absolute Gasteiger partial charge is 0.478 e. The second-order valence-corrected chi connectivity index (χ2v) is 5.40. The third kappa shape index (κ3) is 2.84. The third-order valence-electron chi connectivity index (χ3n) is 4.19. The highest BCUT2D eigenvalue weighted by Crippen LogP contribution is 2.31. The fourth-order valence-corrected chi connectivity index (χ4v) is 2.71. The smallest absolute Gasteiger partial charge is 0.335 e. The lowest BCUT2D eigenvalue weighted by Crippen LogP contribution is -2.34. The average molecular weight is 247 g/mol. The van der Waals surface area contributed by atoms with Gasteiger partial charge >= 0.3 is 5.97 Å². The van der Waals surface area contributed by atoms with Crippen molar-refractivity contribution >= 4 is 11.7 Å². The Morgan fingerprint density at radius 2 is 1.89 bits per heavy atom. The van der Waals surface area contributed by atoms with Gasteiger partial charge in [0.2, 0.25) is 0 Å². The van der Waals surface area contributed by atoms with E-state index in [4.69, 9.17) is 5.11 Å². The van der Waals surface area contributed by atoms with Gasteiger partial charge in [-0.2, -0.15) is 0 Å². The second-order valence-electron chi connectivity index (χ2n) is 5.40. The molecule has 3 unspecified atom stereocenters. The molecule has 0 aliphatic heterocycles. The molecule has 0 bridgehead atoms. The molecule has 98 valence electrons. The molecule has 1 aliphatic rings. The first kappa shape index (κ1) is 12.9. The van der Waals surface area contributed by atoms with Gasteiger partial charge in [0.05, 0.1) is 5.56 Å². The number of aromatic carboxylic acids is 1. The molecule has 3 atom stereocenters. The van der Waals surface area contributed by atoms with Crippen LogP contribution in [0.2, 0.25) is 0 Å². The molecular formula is C15H21NO2. The Bertz CT molecular complexity index is 413. The molecule has 0 aromatic heterocycles. The first-order chi connectivity index (χ1) is 8.58. The monoisotopic (exact) mass is 247 g/mol. The Morgan fingerprint density at radius 3 is 2.50 bits per heavy atom. The first-order valence-electron chi connectivity index (χ1n) is 6.68. The number of carboxylic acid groups (broad SMARTS) is 1. The number of hydrogen-bond acceptors (Lipinski definition) is 2. The van der Waals surface area contributed by atoms with Gasteiger partial charge in [0, 0.05) is 11.7 Å². The number of carbonyl (C=O) groups is 1. The summed E-state index contributed by atoms with van der Waals surface area (Å²) in [5.74, 6) is 0.550. The van der Waals surface area contributed by atoms with E-state index in [2.05, 4.69) is 19.2 Å². The Labute approximate surface area is 108 Å². The predicted octanol–water partition coefficient (Wildman–Crippen LogP) is 3.62. The molecule has 0 amide bonds. The van der Waals surface area contributed by atoms with Crippen molar-refractivity contribution in [2.24, 2.45) is 11.8 Å². The number of nitrogens with one attached hydrogen (secondary N) is 1. The maximum atomic E-state index is 10.8. The van der Waals surface area contributed by atoms with Gasteiger partial charge in [-0.3, -0.25) is 0 Å². The number of rotatable bonds is 3. The van der Waals surface area contributed by atoms with Crippen molar-refractivity contribution in [2.75, 3.05) is 5.32 Å². The lowest BCUT2D eigenvalue weighted by molar-refractivity contribution is 0.0697. The summed E-state index contributed by atoms with van der Waals surface area (Å²) < 4.78 is 0. The van der Waals surface area contributed by atoms with Crippen molar-refractivity contribution in [1.82, 2.24) is 0 Å². The summed E-state index contributed by atoms with van der Waals surface area (Å²) in [5.41, 5.74) is 1.36. The van der Waals surface area contributed by atoms with Gasteiger partial charge in [-0.05, 0) is 42.5 Å². The molecule has 2 rings (SSSR count). The van der Waals surface area contributed by atoms with Gasteiger partial charge in [-0.25, -0.2) is 4.79 Å². The normalized spacial score (nSPS) is 27.8. The van der Waals surface area contributed by atoms with E-state index in [0.717, 1.165) is 11.6 Å². The van der Waals surface area contributed by atoms with Crippen LogP contribution in [0.4, 0.5) is 5.69 Å². The molecule has 18 heavy (non-hydrogen) atoms. The van der Waals surface area contributed by atoms with Crippen LogP contribution in [0, 0.1) is 11.8 Å². The Kier molecular flexibility index (Phi) is 3.90. The molecule has 3 nitrogen and oxygen atoms in total. The summed E-state index contributed by atoms with van der Waals surface area (Å²) in [6.45, 7) is 4.61. The molecule has 0 spiro atoms. The lowest BCUT2D eigenvalue weighted by Gasteiger charge is -2.35. The fourth-order valence-electron chi connectivity index (χ4n) is 2.71. The maximum absolute atomic E-state index is 10.8. The van der Waals surface area contributed by atoms with E-state index >= 15 is 0 Å². The zero-order valence-corrected chi connectivity index (χ0v) is 11.0. The molecule has 1 aromatic carbocycles. The molecular weight excluding hydrogens is 226 g/mol. The average Bonchev–Trinajstić information content (AvgIpc) is 2.36. The van der Waals surface area contributed by atoms with Crippen LogP contribution >= 0.6 is 0 Å². The molecule has 0 radical (unpaired) electrons. The van der Waals surface area contributed by atoms with Crippen LogP contribution in [0.15, 0.2) is 24.3 Å². The summed E-state index contributed by atoms with van der Waals surface area (Å²) >= 11 is 0. The zero-order chi connectivity index (χ0) is 13.1. The van der Waals surface area contributed by atoms with Crippen molar-refractivity contribution in [3.8, 4) is 0 Å². The minimum absolute atomic E-state index is 0.339. The number of carboxylic acids is 1. The highest BCUT2D eigenvalue weighted by molar-refractivity contribution is 5.87. The summed E-state index contributed by atoms with van der Waals surface area (Å²) in [6.07, 6.45) is 3.79. The topological polar surface area (TPSA) is 49.3 Å². The summed E-state index contributed by atoms with van der Waals surface area (Å²) in [7, 11) is 0. The second kappa shape index (κ2) is 5.42. The summed E-state index contributed by atoms with van der Waals surface area (Å²) in [6, 6.07) is 7.53. The van der Waals surface area contributed by atoms with Crippen LogP contribution in [-0.2, 0) is 0 Å². The van der Waals surface area contributed by atoms with Crippen LogP contribution in [-0.4, -0.2) is 17.1 Å². The van der Waals surface area contributed by atoms with Gasteiger partial charge in [-0.15, -0.1) is 0 Å². The quantitative estimate of drug-likeness (QED) is 0.857. The van der Waals surface area contributed by atoms with Crippen LogP contribution in [0.5, 0.6) is 0 Å². The minimum Gasteiger partial charge on any atom is -0.478 e. The molecule has 1 fully saturated rings. The van der Waals surface area contributed by atoms with Gasteiger partial charge in [0.15, 0.2) is 0 Å². The van der Waals surface area contributed by atoms with Crippen LogP contribution < -0.4 is 5.32 Å². The van der Waals surface area contributed by atoms with Crippen molar-refractivity contribution < 1.29 is 9.90 Å². The number of anilines is 1. The fraction of sp³-hybridized carbons (Fsp3) is 0.533. The molecule has 0 saturated heterocycles. The molecule has 1 aromatic rings. The highest BCUT2D eigenvalue weighted by atomic mass is 16.4. The Morgan fingerprint density at radius 1 is 1.22 bits per heavy atom. The Balaban J connectivity index is 2.02. The van der Waals surface area contributed by atoms with Crippen molar-refractivity contribution in [3.05, 3.63) is 29.8 Å². The lowest BCUT2D eigenvalue weighted by atomic mass is 9.78. The zero-order valence-electron chi connectivity index (χ0n) is 11.0. The SMILES string of the molecule is CC1CCCC(Nc2ccc(C(=O)O)cc2)C1C. The van der Waals surface area contributed by atoms with Gasteiger partial charge in [0.1, 0.15) is 0 Å². The van der Waals surface area contributed by atoms with Crippen LogP contribution in [0.1, 0.15) is 43.5 Å². The molecule has 1 aliphatic carbocycles. The first-order valence-corrected chi connectivity index (χ1v) is 6.68. The predicted molar refractivity (Wildman–Crippen MR) is 73.0 cm³/mol. The van der Waals surface area contributed by atoms with Crippen molar-refractivity contribution in [2.45, 2.75) is 39.2 Å². The third-order valence-corrected chi connectivity index (χ3v) is 4.19. The Hall–Kier alpha value is -1.51. The summed E-state index contributed by atoms with van der Waals surface area (Å²) in [5, 5.41) is 12.4. The van der Waals surface area contributed by atoms with E-state index in [9.17, 15) is 4.79 Å². The maximum Gasteiger partial charge on any atom is 0.335 e. The minimum atomic E-state index is -0.874. The van der Waals surface area contributed by atoms with E-state index in [0.29, 0.717) is 17.5 Å². The molecule has 2 N–H and O–H groups in total. The standard InChI is InChI=1S/C15H21NO2/c1-10-4-3-5-14(11(10)2)16-13-8-6-12(7-9-13)15(17)18/h6-11,14,16H,3-5H2,1-2H3,(H,17,18). The molecule has 3 heteroatoms. The number of hydrogen-bond donors (Lipinski definition) is 2. The van der Waals surface area contributed by atoms with Gasteiger partial charge < -0.3 is 10.4 Å². The molecule has 0 heterocycles. The van der Waals surface area contributed by atoms with Crippen LogP contribution in [0.3, 0.4) is 0 Å². The van der Waals surface area contributed by atoms with Crippen LogP contribution in [0.25, 0.3) is 0 Å². The summed E-state index contributed by atoms with van der Waals surface area (Å²) in [4.78, 5) is 10.8. The van der Waals surface area contributed by atoms with E-state index in [-0.39, 0.29) is 0 Å². The number of benzene rings is 1. The van der Waals surface area contributed by atoms with Crippen molar-refractivity contribution in [1.29, 1.82) is 0 Å². The van der Waals surface area contributed by atoms with Crippen molar-refractivity contribution in [3.63, 3.8) is 0 Å². The van der Waals surface area contributed by atoms with E-state index in [1.165, 1.54) is 19.3 Å². The van der Waals surface area contributed by atoms with E-state index in [1.807, 2.05) is 12.1 Å². The van der Waals surface area contributed by atoms with E-state index in [1.54, 1.807) is 12.1 Å². The highest BCUT2D eigenvalue weighted by Gasteiger charge is 2.26.